The summed E-state index contributed by atoms with van der Waals surface area (Å²) >= 11 is 0. The van der Waals surface area contributed by atoms with Gasteiger partial charge in [-0.2, -0.15) is 0 Å². The third-order valence-corrected chi connectivity index (χ3v) is 6.50. The second-order valence-corrected chi connectivity index (χ2v) is 9.00. The van der Waals surface area contributed by atoms with Gasteiger partial charge in [0.05, 0.1) is 19.8 Å². The van der Waals surface area contributed by atoms with Gasteiger partial charge in [-0.05, 0) is 30.9 Å². The number of aromatic amines is 1. The highest BCUT2D eigenvalue weighted by Gasteiger charge is 2.57. The summed E-state index contributed by atoms with van der Waals surface area (Å²) in [6.45, 7) is 2.06. The van der Waals surface area contributed by atoms with Crippen LogP contribution in [0.5, 0.6) is 0 Å². The lowest BCUT2D eigenvalue weighted by Gasteiger charge is -2.36. The van der Waals surface area contributed by atoms with E-state index in [2.05, 4.69) is 4.98 Å². The van der Waals surface area contributed by atoms with Crippen molar-refractivity contribution in [3.05, 3.63) is 104 Å². The second-order valence-electron chi connectivity index (χ2n) is 9.00. The van der Waals surface area contributed by atoms with Crippen LogP contribution in [0.2, 0.25) is 0 Å². The standard InChI is InChI=1S/C27H32N2O7/c1-19-15-29(26(33)28-24(19)32)25-23(31)27(13-8-14-30,35-17-21-11-6-3-7-12-21)22(36-25)18-34-16-20-9-4-2-5-10-20/h2-7,9-12,15,22-23,25,30-31H,8,13-14,16-18H2,1H3,(H,28,32,33)/t22-,23-,25-,27-/m1/s1. The molecule has 9 nitrogen and oxygen atoms in total. The minimum absolute atomic E-state index is 0.0831. The van der Waals surface area contributed by atoms with Crippen LogP contribution in [-0.2, 0) is 27.4 Å². The van der Waals surface area contributed by atoms with Crippen molar-refractivity contribution >= 4 is 0 Å². The molecule has 1 aliphatic rings. The SMILES string of the molecule is Cc1cn([C@@H]2O[C@H](COCc3ccccc3)[C@@](CCCO)(OCc3ccccc3)[C@@H]2O)c(=O)[nH]c1=O. The number of ether oxygens (including phenoxy) is 3. The molecule has 3 N–H and O–H groups in total. The van der Waals surface area contributed by atoms with Gasteiger partial charge in [-0.1, -0.05) is 60.7 Å². The number of nitrogens with one attached hydrogen (secondary N) is 1. The molecule has 9 heteroatoms. The molecule has 0 bridgehead atoms. The molecule has 0 amide bonds. The van der Waals surface area contributed by atoms with Crippen LogP contribution in [0, 0.1) is 6.92 Å². The number of hydrogen-bond acceptors (Lipinski definition) is 7. The van der Waals surface area contributed by atoms with E-state index < -0.39 is 35.3 Å². The summed E-state index contributed by atoms with van der Waals surface area (Å²) in [4.78, 5) is 26.8. The zero-order valence-corrected chi connectivity index (χ0v) is 20.2. The van der Waals surface area contributed by atoms with Gasteiger partial charge >= 0.3 is 5.69 Å². The Balaban J connectivity index is 1.65. The van der Waals surface area contributed by atoms with E-state index in [9.17, 15) is 19.8 Å². The van der Waals surface area contributed by atoms with Crippen LogP contribution in [-0.4, -0.2) is 50.8 Å². The van der Waals surface area contributed by atoms with Crippen molar-refractivity contribution in [1.29, 1.82) is 0 Å². The van der Waals surface area contributed by atoms with Gasteiger partial charge in [0.2, 0.25) is 0 Å². The van der Waals surface area contributed by atoms with Crippen LogP contribution in [0.1, 0.15) is 35.8 Å². The van der Waals surface area contributed by atoms with Gasteiger partial charge in [-0.3, -0.25) is 14.3 Å². The second kappa shape index (κ2) is 11.8. The van der Waals surface area contributed by atoms with E-state index in [4.69, 9.17) is 14.2 Å². The Labute approximate surface area is 208 Å². The third kappa shape index (κ3) is 5.66. The summed E-state index contributed by atoms with van der Waals surface area (Å²) < 4.78 is 19.8. The lowest BCUT2D eigenvalue weighted by molar-refractivity contribution is -0.157. The number of H-pyrrole nitrogens is 1. The molecular weight excluding hydrogens is 464 g/mol. The quantitative estimate of drug-likeness (QED) is 0.371. The average Bonchev–Trinajstić information content (AvgIpc) is 3.16. The maximum Gasteiger partial charge on any atom is 0.330 e. The number of rotatable bonds is 11. The zero-order valence-electron chi connectivity index (χ0n) is 20.2. The molecule has 0 saturated carbocycles. The van der Waals surface area contributed by atoms with Gasteiger partial charge in [0.25, 0.3) is 5.56 Å². The van der Waals surface area contributed by atoms with Crippen molar-refractivity contribution in [2.24, 2.45) is 0 Å². The normalized spacial score (nSPS) is 23.7. The third-order valence-electron chi connectivity index (χ3n) is 6.50. The van der Waals surface area contributed by atoms with Gasteiger partial charge in [0.1, 0.15) is 17.8 Å². The Morgan fingerprint density at radius 1 is 1.03 bits per heavy atom. The summed E-state index contributed by atoms with van der Waals surface area (Å²) in [6.07, 6.45) is -1.17. The predicted octanol–water partition coefficient (Wildman–Crippen LogP) is 2.05. The van der Waals surface area contributed by atoms with Crippen LogP contribution < -0.4 is 11.2 Å². The highest BCUT2D eigenvalue weighted by molar-refractivity contribution is 5.15. The largest absolute Gasteiger partial charge is 0.396 e. The van der Waals surface area contributed by atoms with Crippen LogP contribution in [0.25, 0.3) is 0 Å². The molecule has 1 aliphatic heterocycles. The molecule has 4 atom stereocenters. The van der Waals surface area contributed by atoms with Crippen molar-refractivity contribution in [2.45, 2.75) is 57.0 Å². The van der Waals surface area contributed by atoms with E-state index in [1.807, 2.05) is 60.7 Å². The first kappa shape index (κ1) is 26.0. The number of aliphatic hydroxyl groups is 2. The summed E-state index contributed by atoms with van der Waals surface area (Å²) in [6, 6.07) is 19.2. The lowest BCUT2D eigenvalue weighted by atomic mass is 9.86. The first-order valence-corrected chi connectivity index (χ1v) is 12.0. The molecule has 36 heavy (non-hydrogen) atoms. The predicted molar refractivity (Wildman–Crippen MR) is 132 cm³/mol. The Bertz CT molecular complexity index is 1230. The molecule has 1 saturated heterocycles. The van der Waals surface area contributed by atoms with Crippen LogP contribution in [0.3, 0.4) is 0 Å². The van der Waals surface area contributed by atoms with E-state index in [-0.39, 0.29) is 26.2 Å². The van der Waals surface area contributed by atoms with E-state index in [1.54, 1.807) is 6.92 Å². The molecule has 0 spiro atoms. The molecule has 4 rings (SSSR count). The lowest BCUT2D eigenvalue weighted by Crippen LogP contribution is -2.52. The fraction of sp³-hybridized carbons (Fsp3) is 0.407. The van der Waals surface area contributed by atoms with Crippen molar-refractivity contribution in [3.8, 4) is 0 Å². The minimum Gasteiger partial charge on any atom is -0.396 e. The summed E-state index contributed by atoms with van der Waals surface area (Å²) in [7, 11) is 0. The maximum absolute atomic E-state index is 12.6. The molecule has 0 aliphatic carbocycles. The molecule has 1 aromatic heterocycles. The average molecular weight is 497 g/mol. The van der Waals surface area contributed by atoms with Gasteiger partial charge in [-0.25, -0.2) is 4.79 Å². The number of nitrogens with zero attached hydrogens (tertiary/aromatic N) is 1. The molecule has 0 radical (unpaired) electrons. The van der Waals surface area contributed by atoms with E-state index in [0.717, 1.165) is 11.1 Å². The maximum atomic E-state index is 12.6. The number of hydrogen-bond donors (Lipinski definition) is 3. The highest BCUT2D eigenvalue weighted by Crippen LogP contribution is 2.43. The fourth-order valence-corrected chi connectivity index (χ4v) is 4.53. The van der Waals surface area contributed by atoms with Crippen molar-refractivity contribution in [3.63, 3.8) is 0 Å². The molecule has 3 aromatic rings. The van der Waals surface area contributed by atoms with Crippen LogP contribution in [0.15, 0.2) is 76.4 Å². The Morgan fingerprint density at radius 3 is 2.31 bits per heavy atom. The number of benzene rings is 2. The smallest absolute Gasteiger partial charge is 0.330 e. The number of aliphatic hydroxyl groups excluding tert-OH is 2. The van der Waals surface area contributed by atoms with Gasteiger partial charge in [-0.15, -0.1) is 0 Å². The topological polar surface area (TPSA) is 123 Å². The first-order chi connectivity index (χ1) is 17.4. The first-order valence-electron chi connectivity index (χ1n) is 12.0. The number of aromatic nitrogens is 2. The van der Waals surface area contributed by atoms with E-state index in [1.165, 1.54) is 10.8 Å². The highest BCUT2D eigenvalue weighted by atomic mass is 16.6. The minimum atomic E-state index is -1.28. The van der Waals surface area contributed by atoms with Crippen LogP contribution in [0.4, 0.5) is 0 Å². The van der Waals surface area contributed by atoms with Crippen molar-refractivity contribution < 1.29 is 24.4 Å². The van der Waals surface area contributed by atoms with Crippen molar-refractivity contribution in [2.75, 3.05) is 13.2 Å². The zero-order chi connectivity index (χ0) is 25.5. The molecule has 2 heterocycles. The number of aryl methyl sites for hydroxylation is 1. The summed E-state index contributed by atoms with van der Waals surface area (Å²) in [5, 5.41) is 21.2. The Morgan fingerprint density at radius 2 is 1.67 bits per heavy atom. The summed E-state index contributed by atoms with van der Waals surface area (Å²) in [5.41, 5.74) is -0.286. The van der Waals surface area contributed by atoms with Crippen LogP contribution >= 0.6 is 0 Å². The Kier molecular flexibility index (Phi) is 8.50. The molecule has 1 fully saturated rings. The van der Waals surface area contributed by atoms with Gasteiger partial charge in [0.15, 0.2) is 6.23 Å². The van der Waals surface area contributed by atoms with E-state index in [0.29, 0.717) is 18.6 Å². The van der Waals surface area contributed by atoms with Gasteiger partial charge < -0.3 is 24.4 Å². The summed E-state index contributed by atoms with van der Waals surface area (Å²) in [5.74, 6) is 0. The fourth-order valence-electron chi connectivity index (χ4n) is 4.53. The van der Waals surface area contributed by atoms with E-state index >= 15 is 0 Å². The molecular formula is C27H32N2O7. The monoisotopic (exact) mass is 496 g/mol. The Hall–Kier alpha value is -3.08. The molecule has 0 unspecified atom stereocenters. The molecule has 2 aromatic carbocycles. The molecule has 192 valence electrons. The van der Waals surface area contributed by atoms with Gasteiger partial charge in [0, 0.05) is 18.4 Å². The van der Waals surface area contributed by atoms with Crippen molar-refractivity contribution in [1.82, 2.24) is 9.55 Å².